The van der Waals surface area contributed by atoms with Gasteiger partial charge in [-0.25, -0.2) is 14.1 Å². The van der Waals surface area contributed by atoms with E-state index in [-0.39, 0.29) is 30.3 Å². The van der Waals surface area contributed by atoms with E-state index in [0.717, 1.165) is 35.7 Å². The number of esters is 1. The molecule has 0 aliphatic carbocycles. The van der Waals surface area contributed by atoms with Crippen molar-refractivity contribution in [3.05, 3.63) is 90.5 Å². The molecular formula is C42H54N7O8P. The van der Waals surface area contributed by atoms with Gasteiger partial charge in [0.2, 0.25) is 5.60 Å². The molecule has 3 aromatic heterocycles. The quantitative estimate of drug-likeness (QED) is 0.0334. The van der Waals surface area contributed by atoms with Crippen molar-refractivity contribution >= 4 is 36.0 Å². The SMILES string of the molecule is CCCCCCCCCCCCOC(=O)C(Cc1cn(C)c2ccccc12)NP(=O)(OC[C@H]1O[C@@](C#N)(c2ccc3c(N)ncnn23)[C@H](O)[C@@H]1O)Oc1ccccc1. The molecule has 1 fully saturated rings. The Balaban J connectivity index is 1.19. The van der Waals surface area contributed by atoms with Gasteiger partial charge in [0.25, 0.3) is 0 Å². The maximum atomic E-state index is 14.9. The van der Waals surface area contributed by atoms with Crippen molar-refractivity contribution in [1.82, 2.24) is 24.3 Å². The highest BCUT2D eigenvalue weighted by molar-refractivity contribution is 7.52. The minimum absolute atomic E-state index is 0.0782. The van der Waals surface area contributed by atoms with Crippen LogP contribution in [0.4, 0.5) is 5.82 Å². The normalized spacial score (nSPS) is 20.8. The molecule has 1 aliphatic rings. The number of aliphatic hydroxyl groups is 2. The number of nitriles is 1. The monoisotopic (exact) mass is 815 g/mol. The summed E-state index contributed by atoms with van der Waals surface area (Å²) in [6, 6.07) is 19.9. The molecule has 6 rings (SSSR count). The Morgan fingerprint density at radius 2 is 1.69 bits per heavy atom. The number of fused-ring (bicyclic) bond motifs is 2. The Labute approximate surface area is 338 Å². The summed E-state index contributed by atoms with van der Waals surface area (Å²) in [5, 5.41) is 40.9. The van der Waals surface area contributed by atoms with Crippen molar-refractivity contribution in [2.75, 3.05) is 18.9 Å². The summed E-state index contributed by atoms with van der Waals surface area (Å²) in [6.45, 7) is 1.79. The van der Waals surface area contributed by atoms with Gasteiger partial charge < -0.3 is 34.5 Å². The van der Waals surface area contributed by atoms with Crippen LogP contribution in [-0.4, -0.2) is 72.9 Å². The predicted octanol–water partition coefficient (Wildman–Crippen LogP) is 6.51. The number of nitrogens with one attached hydrogen (secondary N) is 1. The van der Waals surface area contributed by atoms with Gasteiger partial charge in [-0.1, -0.05) is 101 Å². The summed E-state index contributed by atoms with van der Waals surface area (Å²) in [5.74, 6) is -0.327. The number of aryl methyl sites for hydroxylation is 1. The lowest BCUT2D eigenvalue weighted by Crippen LogP contribution is -2.41. The van der Waals surface area contributed by atoms with Crippen molar-refractivity contribution in [2.24, 2.45) is 7.05 Å². The zero-order chi connectivity index (χ0) is 41.1. The number of hydrogen-bond donors (Lipinski definition) is 4. The highest BCUT2D eigenvalue weighted by atomic mass is 31.2. The van der Waals surface area contributed by atoms with E-state index >= 15 is 0 Å². The summed E-state index contributed by atoms with van der Waals surface area (Å²) in [7, 11) is -2.61. The second-order valence-electron chi connectivity index (χ2n) is 14.8. The Morgan fingerprint density at radius 3 is 2.41 bits per heavy atom. The first-order chi connectivity index (χ1) is 28.1. The molecule has 0 amide bonds. The Morgan fingerprint density at radius 1 is 1.00 bits per heavy atom. The zero-order valence-electron chi connectivity index (χ0n) is 33.1. The topological polar surface area (TPSA) is 208 Å². The predicted molar refractivity (Wildman–Crippen MR) is 219 cm³/mol. The van der Waals surface area contributed by atoms with Crippen LogP contribution in [-0.2, 0) is 42.4 Å². The molecule has 15 nitrogen and oxygen atoms in total. The zero-order valence-corrected chi connectivity index (χ0v) is 34.0. The molecule has 2 unspecified atom stereocenters. The molecule has 5 aromatic rings. The summed E-state index contributed by atoms with van der Waals surface area (Å²) in [5.41, 5.74) is 6.09. The van der Waals surface area contributed by atoms with Crippen LogP contribution in [0, 0.1) is 11.3 Å². The number of ether oxygens (including phenoxy) is 2. The van der Waals surface area contributed by atoms with Crippen LogP contribution in [0.2, 0.25) is 0 Å². The largest absolute Gasteiger partial charge is 0.465 e. The number of nitrogen functional groups attached to an aromatic ring is 1. The molecular weight excluding hydrogens is 761 g/mol. The maximum Gasteiger partial charge on any atom is 0.459 e. The number of anilines is 1. The van der Waals surface area contributed by atoms with Gasteiger partial charge in [-0.15, -0.1) is 0 Å². The number of carbonyl (C=O) groups is 1. The molecule has 6 atom stereocenters. The summed E-state index contributed by atoms with van der Waals surface area (Å²) in [6.07, 6.45) is 9.66. The van der Waals surface area contributed by atoms with Crippen LogP contribution in [0.15, 0.2) is 79.3 Å². The van der Waals surface area contributed by atoms with Crippen LogP contribution >= 0.6 is 7.75 Å². The van der Waals surface area contributed by atoms with E-state index in [1.807, 2.05) is 48.1 Å². The maximum absolute atomic E-state index is 14.9. The molecule has 0 saturated carbocycles. The minimum Gasteiger partial charge on any atom is -0.465 e. The van der Waals surface area contributed by atoms with Crippen LogP contribution in [0.5, 0.6) is 5.75 Å². The number of nitrogens with zero attached hydrogens (tertiary/aromatic N) is 5. The Hall–Kier alpha value is -4.81. The number of hydrogen-bond acceptors (Lipinski definition) is 12. The lowest BCUT2D eigenvalue weighted by Gasteiger charge is -2.26. The number of aliphatic hydroxyl groups excluding tert-OH is 2. The number of para-hydroxylation sites is 2. The number of carbonyl (C=O) groups excluding carboxylic acids is 1. The van der Waals surface area contributed by atoms with Crippen molar-refractivity contribution in [3.63, 3.8) is 0 Å². The van der Waals surface area contributed by atoms with Gasteiger partial charge in [-0.2, -0.15) is 15.4 Å². The molecule has 16 heteroatoms. The van der Waals surface area contributed by atoms with Gasteiger partial charge in [-0.3, -0.25) is 9.32 Å². The minimum atomic E-state index is -4.52. The third kappa shape index (κ3) is 9.89. The van der Waals surface area contributed by atoms with Gasteiger partial charge in [0.15, 0.2) is 5.82 Å². The third-order valence-corrected chi connectivity index (χ3v) is 12.2. The average Bonchev–Trinajstić information content (AvgIpc) is 3.88. The molecule has 1 saturated heterocycles. The average molecular weight is 816 g/mol. The molecule has 58 heavy (non-hydrogen) atoms. The number of benzene rings is 2. The first kappa shape index (κ1) is 42.8. The highest BCUT2D eigenvalue weighted by Gasteiger charge is 2.58. The lowest BCUT2D eigenvalue weighted by atomic mass is 9.92. The van der Waals surface area contributed by atoms with Gasteiger partial charge >= 0.3 is 13.7 Å². The molecule has 4 heterocycles. The second kappa shape index (κ2) is 19.8. The first-order valence-corrected chi connectivity index (χ1v) is 21.6. The van der Waals surface area contributed by atoms with Crippen molar-refractivity contribution in [1.29, 1.82) is 5.26 Å². The van der Waals surface area contributed by atoms with E-state index in [9.17, 15) is 24.8 Å². The summed E-state index contributed by atoms with van der Waals surface area (Å²) in [4.78, 5) is 17.9. The molecule has 0 spiro atoms. The van der Waals surface area contributed by atoms with Gasteiger partial charge in [0, 0.05) is 30.6 Å². The van der Waals surface area contributed by atoms with Crippen LogP contribution in [0.3, 0.4) is 0 Å². The number of nitrogens with two attached hydrogens (primary N) is 1. The smallest absolute Gasteiger partial charge is 0.459 e. The number of rotatable bonds is 22. The Bertz CT molecular complexity index is 2210. The molecule has 310 valence electrons. The molecule has 2 aromatic carbocycles. The van der Waals surface area contributed by atoms with E-state index in [1.54, 1.807) is 36.4 Å². The standard InChI is InChI=1S/C42H54N7O8P/c1-3-4-5-6-7-8-9-10-11-17-24-54-41(52)33(25-30-26-48(2)34-21-16-15-20-32(30)34)47-58(53,57-31-18-13-12-14-19-31)55-27-36-38(50)39(51)42(28-43,56-36)37-23-22-35-40(44)45-29-46-49(35)37/h12-16,18-23,26,29,33,36,38-39,50-51H,3-11,17,24-25,27H2,1-2H3,(H,47,53)(H2,44,45,46)/t33?,36-,38-,39-,42+,58?/m1/s1. The van der Waals surface area contributed by atoms with E-state index < -0.39 is 50.3 Å². The fourth-order valence-electron chi connectivity index (χ4n) is 7.48. The van der Waals surface area contributed by atoms with Crippen molar-refractivity contribution < 1.29 is 38.1 Å². The summed E-state index contributed by atoms with van der Waals surface area (Å²) >= 11 is 0. The molecule has 0 bridgehead atoms. The number of aromatic nitrogens is 4. The molecule has 5 N–H and O–H groups in total. The van der Waals surface area contributed by atoms with E-state index in [0.29, 0.717) is 11.9 Å². The highest BCUT2D eigenvalue weighted by Crippen LogP contribution is 2.47. The fourth-order valence-corrected chi connectivity index (χ4v) is 8.98. The molecule has 1 aliphatic heterocycles. The first-order valence-electron chi connectivity index (χ1n) is 20.1. The fraction of sp³-hybridized carbons (Fsp3) is 0.476. The van der Waals surface area contributed by atoms with Crippen LogP contribution in [0.25, 0.3) is 16.4 Å². The van der Waals surface area contributed by atoms with E-state index in [2.05, 4.69) is 22.1 Å². The second-order valence-corrected chi connectivity index (χ2v) is 16.5. The summed E-state index contributed by atoms with van der Waals surface area (Å²) < 4.78 is 41.9. The van der Waals surface area contributed by atoms with Crippen LogP contribution in [0.1, 0.15) is 82.4 Å². The van der Waals surface area contributed by atoms with Crippen molar-refractivity contribution in [3.8, 4) is 11.8 Å². The van der Waals surface area contributed by atoms with Crippen LogP contribution < -0.4 is 15.3 Å². The number of unbranched alkanes of at least 4 members (excludes halogenated alkanes) is 9. The Kier molecular flexibility index (Phi) is 14.6. The van der Waals surface area contributed by atoms with Gasteiger partial charge in [0.1, 0.15) is 48.0 Å². The van der Waals surface area contributed by atoms with E-state index in [4.69, 9.17) is 24.3 Å². The lowest BCUT2D eigenvalue weighted by molar-refractivity contribution is -0.146. The van der Waals surface area contributed by atoms with Gasteiger partial charge in [-0.05, 0) is 42.3 Å². The van der Waals surface area contributed by atoms with E-state index in [1.165, 1.54) is 55.4 Å². The van der Waals surface area contributed by atoms with Gasteiger partial charge in [0.05, 0.1) is 18.9 Å². The van der Waals surface area contributed by atoms with Crippen molar-refractivity contribution in [2.45, 2.75) is 108 Å². The molecule has 0 radical (unpaired) electrons. The third-order valence-electron chi connectivity index (χ3n) is 10.6.